The minimum atomic E-state index is -4.35. The van der Waals surface area contributed by atoms with Gasteiger partial charge in [-0.1, -0.05) is 43.3 Å². The fraction of sp³-hybridized carbons (Fsp3) is 0.484. The Morgan fingerprint density at radius 2 is 1.89 bits per heavy atom. The SMILES string of the molecule is CC1C(OC(C)(C)O)[C@@H](COP(=O)(N[C@@H](C)C(=O)OC(C)(C)C)Oc2cccc3ccccc23)O[C@H]1n1cnc2c(=O)[nH]c(N)nc21. The summed E-state index contributed by atoms with van der Waals surface area (Å²) in [5.41, 5.74) is 4.74. The van der Waals surface area contributed by atoms with Gasteiger partial charge in [0, 0.05) is 11.3 Å². The fourth-order valence-corrected chi connectivity index (χ4v) is 6.85. The summed E-state index contributed by atoms with van der Waals surface area (Å²) >= 11 is 0. The molecule has 0 radical (unpaired) electrons. The highest BCUT2D eigenvalue weighted by Crippen LogP contribution is 2.48. The smallest absolute Gasteiger partial charge is 0.459 e. The zero-order chi connectivity index (χ0) is 34.3. The van der Waals surface area contributed by atoms with E-state index in [0.717, 1.165) is 5.39 Å². The van der Waals surface area contributed by atoms with E-state index in [-0.39, 0.29) is 29.5 Å². The van der Waals surface area contributed by atoms with Crippen molar-refractivity contribution in [2.45, 2.75) is 84.3 Å². The molecule has 3 unspecified atom stereocenters. The van der Waals surface area contributed by atoms with Crippen LogP contribution in [-0.2, 0) is 28.1 Å². The molecule has 47 heavy (non-hydrogen) atoms. The van der Waals surface area contributed by atoms with Crippen molar-refractivity contribution in [2.75, 3.05) is 12.3 Å². The summed E-state index contributed by atoms with van der Waals surface area (Å²) in [6, 6.07) is 11.6. The molecule has 254 valence electrons. The maximum atomic E-state index is 14.5. The number of anilines is 1. The Morgan fingerprint density at radius 1 is 1.19 bits per heavy atom. The third-order valence-corrected chi connectivity index (χ3v) is 8.92. The monoisotopic (exact) mass is 672 g/mol. The average Bonchev–Trinajstić information content (AvgIpc) is 3.51. The number of carbonyl (C=O) groups excluding carboxylic acids is 1. The van der Waals surface area contributed by atoms with Crippen molar-refractivity contribution in [3.05, 3.63) is 59.1 Å². The van der Waals surface area contributed by atoms with E-state index in [1.807, 2.05) is 37.3 Å². The van der Waals surface area contributed by atoms with Crippen molar-refractivity contribution in [1.29, 1.82) is 0 Å². The van der Waals surface area contributed by atoms with Gasteiger partial charge in [0.15, 0.2) is 17.0 Å². The second-order valence-corrected chi connectivity index (χ2v) is 14.7. The number of nitrogen functional groups attached to an aromatic ring is 1. The fourth-order valence-electron chi connectivity index (χ4n) is 5.33. The number of imidazole rings is 1. The Balaban J connectivity index is 1.46. The standard InChI is InChI=1S/C31H41N6O9P/c1-17-24(44-31(6,7)40)22(43-27(17)37-16-33-23-25(37)34-29(32)35-26(23)38)15-42-47(41,36-18(2)28(39)45-30(3,4)5)46-21-14-10-12-19-11-8-9-13-20(19)21/h8-14,16-18,22,24,27,40H,15H2,1-7H3,(H,36,41)(H3,32,34,35,38)/t17?,18-,22+,24?,27+,47?/m0/s1. The van der Waals surface area contributed by atoms with Crippen LogP contribution in [0, 0.1) is 5.92 Å². The normalized spacial score (nSPS) is 22.3. The molecule has 2 aromatic carbocycles. The highest BCUT2D eigenvalue weighted by molar-refractivity contribution is 7.52. The number of ether oxygens (including phenoxy) is 3. The molecule has 1 aliphatic rings. The molecule has 0 amide bonds. The molecule has 1 fully saturated rings. The van der Waals surface area contributed by atoms with E-state index < -0.39 is 61.1 Å². The van der Waals surface area contributed by atoms with Crippen LogP contribution in [0.15, 0.2) is 53.6 Å². The van der Waals surface area contributed by atoms with Gasteiger partial charge < -0.3 is 29.6 Å². The summed E-state index contributed by atoms with van der Waals surface area (Å²) in [4.78, 5) is 36.2. The molecule has 16 heteroatoms. The summed E-state index contributed by atoms with van der Waals surface area (Å²) in [7, 11) is -4.35. The molecule has 2 aromatic heterocycles. The van der Waals surface area contributed by atoms with E-state index in [1.54, 1.807) is 37.5 Å². The van der Waals surface area contributed by atoms with E-state index >= 15 is 0 Å². The summed E-state index contributed by atoms with van der Waals surface area (Å²) in [6.45, 7) is 11.1. The topological polar surface area (TPSA) is 202 Å². The van der Waals surface area contributed by atoms with Crippen LogP contribution in [0.5, 0.6) is 5.75 Å². The number of carbonyl (C=O) groups is 1. The van der Waals surface area contributed by atoms with Crippen molar-refractivity contribution >= 4 is 41.6 Å². The summed E-state index contributed by atoms with van der Waals surface area (Å²) in [5, 5.41) is 14.8. The Labute approximate surface area is 271 Å². The van der Waals surface area contributed by atoms with E-state index in [1.165, 1.54) is 27.1 Å². The van der Waals surface area contributed by atoms with Crippen molar-refractivity contribution in [3.63, 3.8) is 0 Å². The summed E-state index contributed by atoms with van der Waals surface area (Å²) in [5.74, 6) is -2.56. The van der Waals surface area contributed by atoms with Gasteiger partial charge in [-0.3, -0.25) is 23.7 Å². The van der Waals surface area contributed by atoms with Crippen LogP contribution in [0.1, 0.15) is 54.7 Å². The van der Waals surface area contributed by atoms with Crippen LogP contribution in [0.2, 0.25) is 0 Å². The number of nitrogens with two attached hydrogens (primary N) is 1. The minimum absolute atomic E-state index is 0.0583. The van der Waals surface area contributed by atoms with Crippen LogP contribution >= 0.6 is 7.75 Å². The number of H-pyrrole nitrogens is 1. The number of nitrogens with zero attached hydrogens (tertiary/aromatic N) is 3. The van der Waals surface area contributed by atoms with E-state index in [9.17, 15) is 19.3 Å². The molecule has 4 aromatic rings. The van der Waals surface area contributed by atoms with Gasteiger partial charge in [0.2, 0.25) is 5.95 Å². The molecule has 1 aliphatic heterocycles. The number of aromatic nitrogens is 4. The van der Waals surface area contributed by atoms with Crippen LogP contribution < -0.4 is 20.9 Å². The lowest BCUT2D eigenvalue weighted by Crippen LogP contribution is -2.41. The number of esters is 1. The first-order valence-electron chi connectivity index (χ1n) is 15.1. The van der Waals surface area contributed by atoms with Gasteiger partial charge in [0.1, 0.15) is 29.7 Å². The first-order valence-corrected chi connectivity index (χ1v) is 16.7. The highest BCUT2D eigenvalue weighted by Gasteiger charge is 2.48. The maximum absolute atomic E-state index is 14.5. The van der Waals surface area contributed by atoms with Crippen LogP contribution in [0.3, 0.4) is 0 Å². The average molecular weight is 673 g/mol. The number of benzene rings is 2. The number of aromatic amines is 1. The molecule has 0 saturated carbocycles. The molecule has 5 N–H and O–H groups in total. The number of fused-ring (bicyclic) bond motifs is 2. The third-order valence-electron chi connectivity index (χ3n) is 7.29. The molecule has 15 nitrogen and oxygen atoms in total. The van der Waals surface area contributed by atoms with E-state index in [2.05, 4.69) is 20.0 Å². The second-order valence-electron chi connectivity index (χ2n) is 13.0. The van der Waals surface area contributed by atoms with Crippen molar-refractivity contribution in [2.24, 2.45) is 5.92 Å². The molecule has 0 aliphatic carbocycles. The molecule has 3 heterocycles. The zero-order valence-corrected chi connectivity index (χ0v) is 28.2. The Hall–Kier alpha value is -3.85. The van der Waals surface area contributed by atoms with Crippen LogP contribution in [0.4, 0.5) is 5.95 Å². The lowest BCUT2D eigenvalue weighted by atomic mass is 10.0. The molecule has 6 atom stereocenters. The van der Waals surface area contributed by atoms with Gasteiger partial charge in [0.25, 0.3) is 5.56 Å². The molecular formula is C31H41N6O9P. The summed E-state index contributed by atoms with van der Waals surface area (Å²) < 4.78 is 46.0. The third kappa shape index (κ3) is 8.00. The van der Waals surface area contributed by atoms with Crippen LogP contribution in [0.25, 0.3) is 21.9 Å². The van der Waals surface area contributed by atoms with Crippen molar-refractivity contribution in [3.8, 4) is 5.75 Å². The number of hydrogen-bond donors (Lipinski definition) is 4. The van der Waals surface area contributed by atoms with Crippen molar-refractivity contribution in [1.82, 2.24) is 24.6 Å². The number of aliphatic hydroxyl groups is 1. The Morgan fingerprint density at radius 3 is 2.60 bits per heavy atom. The quantitative estimate of drug-likeness (QED) is 0.101. The maximum Gasteiger partial charge on any atom is 0.459 e. The van der Waals surface area contributed by atoms with E-state index in [4.69, 9.17) is 29.0 Å². The molecule has 0 spiro atoms. The predicted octanol–water partition coefficient (Wildman–Crippen LogP) is 4.03. The predicted molar refractivity (Wildman–Crippen MR) is 173 cm³/mol. The first kappa shape index (κ1) is 34.5. The highest BCUT2D eigenvalue weighted by atomic mass is 31.2. The van der Waals surface area contributed by atoms with Crippen LogP contribution in [-0.4, -0.2) is 66.8 Å². The molecule has 5 rings (SSSR count). The Bertz CT molecular complexity index is 1860. The number of rotatable bonds is 11. The molecule has 1 saturated heterocycles. The van der Waals surface area contributed by atoms with Gasteiger partial charge in [-0.25, -0.2) is 9.55 Å². The van der Waals surface area contributed by atoms with Gasteiger partial charge in [-0.05, 0) is 53.0 Å². The van der Waals surface area contributed by atoms with E-state index in [0.29, 0.717) is 5.39 Å². The number of nitrogens with one attached hydrogen (secondary N) is 2. The lowest BCUT2D eigenvalue weighted by Gasteiger charge is -2.30. The van der Waals surface area contributed by atoms with Gasteiger partial charge in [0.05, 0.1) is 19.0 Å². The minimum Gasteiger partial charge on any atom is -0.459 e. The van der Waals surface area contributed by atoms with Crippen molar-refractivity contribution < 1.29 is 37.7 Å². The zero-order valence-electron chi connectivity index (χ0n) is 27.3. The molecular weight excluding hydrogens is 631 g/mol. The Kier molecular flexibility index (Phi) is 9.52. The summed E-state index contributed by atoms with van der Waals surface area (Å²) in [6.07, 6.45) is -1.15. The lowest BCUT2D eigenvalue weighted by molar-refractivity contribution is -0.222. The second kappa shape index (κ2) is 13.0. The largest absolute Gasteiger partial charge is 0.459 e. The van der Waals surface area contributed by atoms with Gasteiger partial charge in [-0.15, -0.1) is 0 Å². The first-order chi connectivity index (χ1) is 21.9. The molecule has 0 bridgehead atoms. The number of hydrogen-bond acceptors (Lipinski definition) is 12. The van der Waals surface area contributed by atoms with Gasteiger partial charge in [-0.2, -0.15) is 10.1 Å². The van der Waals surface area contributed by atoms with Gasteiger partial charge >= 0.3 is 13.7 Å².